The zero-order chi connectivity index (χ0) is 37.2. The van der Waals surface area contributed by atoms with E-state index in [1.807, 2.05) is 33.2 Å². The summed E-state index contributed by atoms with van der Waals surface area (Å²) in [6.07, 6.45) is 2.77. The van der Waals surface area contributed by atoms with E-state index in [0.717, 1.165) is 35.4 Å². The third kappa shape index (κ3) is 16.4. The van der Waals surface area contributed by atoms with Crippen LogP contribution in [0.15, 0.2) is 28.4 Å². The summed E-state index contributed by atoms with van der Waals surface area (Å²) in [4.78, 5) is 6.26. The van der Waals surface area contributed by atoms with Crippen LogP contribution in [0.4, 0.5) is 22.1 Å². The Morgan fingerprint density at radius 2 is 1.50 bits per heavy atom. The molecule has 1 heterocycles. The molecular weight excluding hydrogens is 679 g/mol. The number of unbranched alkanes of at least 4 members (excludes halogenated alkanes) is 1. The maximum Gasteiger partial charge on any atom is 0.265 e. The topological polar surface area (TPSA) is 138 Å². The van der Waals surface area contributed by atoms with Crippen LogP contribution in [0, 0.1) is 31.8 Å². The van der Waals surface area contributed by atoms with Crippen LogP contribution in [0.3, 0.4) is 0 Å². The number of quaternary nitrogens is 2. The fourth-order valence-electron chi connectivity index (χ4n) is 5.10. The van der Waals surface area contributed by atoms with Crippen molar-refractivity contribution in [1.82, 2.24) is 0 Å². The fourth-order valence-corrected chi connectivity index (χ4v) is 6.45. The molecule has 0 aliphatic heterocycles. The molecule has 1 aromatic heterocycles. The summed E-state index contributed by atoms with van der Waals surface area (Å²) in [6, 6.07) is 8.10. The summed E-state index contributed by atoms with van der Waals surface area (Å²) in [5.41, 5.74) is 3.63. The molecule has 0 amide bonds. The number of azo groups is 1. The number of hydrogen-bond donors (Lipinski definition) is 1. The van der Waals surface area contributed by atoms with E-state index in [4.69, 9.17) is 25.3 Å². The lowest BCUT2D eigenvalue weighted by Crippen LogP contribution is -2.43. The molecule has 50 heavy (non-hydrogen) atoms. The molecule has 13 nitrogen and oxygen atoms in total. The number of rotatable bonds is 25. The van der Waals surface area contributed by atoms with Gasteiger partial charge in [0, 0.05) is 25.2 Å². The molecule has 15 heteroatoms. The number of likely N-dealkylation sites (N-methyl/N-ethyl adjacent to an activating group) is 2. The number of hydrogen-bond acceptors (Lipinski definition) is 10. The minimum Gasteiger partial charge on any atom is -0.377 e. The molecule has 278 valence electrons. The van der Waals surface area contributed by atoms with Crippen LogP contribution >= 0.6 is 11.3 Å². The third-order valence-electron chi connectivity index (χ3n) is 8.45. The summed E-state index contributed by atoms with van der Waals surface area (Å²) in [6.45, 7) is 21.4. The average molecular weight is 736 g/mol. The number of nitrogens with zero attached hydrogens (tertiary/aromatic N) is 7. The molecule has 0 unspecified atom stereocenters. The van der Waals surface area contributed by atoms with Gasteiger partial charge in [0.1, 0.15) is 24.2 Å². The predicted octanol–water partition coefficient (Wildman–Crippen LogP) is 6.29. The first-order valence-corrected chi connectivity index (χ1v) is 19.5. The number of nitriles is 1. The first kappa shape index (κ1) is 43.2. The van der Waals surface area contributed by atoms with E-state index in [-0.39, 0.29) is 5.75 Å². The Labute approximate surface area is 303 Å². The van der Waals surface area contributed by atoms with E-state index in [9.17, 15) is 13.7 Å². The van der Waals surface area contributed by atoms with Gasteiger partial charge in [0.2, 0.25) is 5.69 Å². The van der Waals surface area contributed by atoms with Crippen molar-refractivity contribution in [2.75, 3.05) is 118 Å². The highest BCUT2D eigenvalue weighted by molar-refractivity contribution is 7.85. The Bertz CT molecular complexity index is 1560. The highest BCUT2D eigenvalue weighted by atomic mass is 32.2. The van der Waals surface area contributed by atoms with E-state index in [2.05, 4.69) is 53.1 Å². The standard InChI is InChI=1S/C35H56N7O6S2/c1-9-10-16-41(5,6)18-22-46-20-14-40(15-21-47-24-25-48-23-19-42(7,8)17-11-26-50(43,44)45)31-12-13-32(29(2)27-31)38-39-35-34(37-4)30(3)33(28-36)49-35/h12-13,27H,9-11,14-26H2,1-3,5-8H3/q+1/p+1. The summed E-state index contributed by atoms with van der Waals surface area (Å²) in [7, 11) is 4.56. The third-order valence-corrected chi connectivity index (χ3v) is 10.3. The normalized spacial score (nSPS) is 12.4. The second-order valence-corrected chi connectivity index (χ2v) is 16.3. The second kappa shape index (κ2) is 21.4. The van der Waals surface area contributed by atoms with Crippen LogP contribution in [0.25, 0.3) is 4.85 Å². The van der Waals surface area contributed by atoms with E-state index >= 15 is 0 Å². The number of ether oxygens (including phenoxy) is 3. The second-order valence-electron chi connectivity index (χ2n) is 13.7. The molecule has 0 saturated heterocycles. The monoisotopic (exact) mass is 735 g/mol. The SMILES string of the molecule is [C-]#[N+]c1c(N=Nc2ccc(N(CCOCCOCC[N+](C)(C)CCCS(=O)(=O)O)CCOCC[N+](C)(C)CCCC)cc2C)sc(C#N)c1C. The van der Waals surface area contributed by atoms with Crippen molar-refractivity contribution in [3.63, 3.8) is 0 Å². The van der Waals surface area contributed by atoms with E-state index in [1.165, 1.54) is 24.2 Å². The zero-order valence-corrected chi connectivity index (χ0v) is 32.6. The van der Waals surface area contributed by atoms with E-state index in [1.54, 1.807) is 6.92 Å². The van der Waals surface area contributed by atoms with Crippen LogP contribution in [0.1, 0.15) is 42.2 Å². The van der Waals surface area contributed by atoms with Crippen molar-refractivity contribution < 1.29 is 36.1 Å². The van der Waals surface area contributed by atoms with Crippen molar-refractivity contribution in [2.24, 2.45) is 10.2 Å². The van der Waals surface area contributed by atoms with Gasteiger partial charge in [-0.15, -0.1) is 11.3 Å². The van der Waals surface area contributed by atoms with Gasteiger partial charge in [-0.05, 0) is 49.6 Å². The highest BCUT2D eigenvalue weighted by Gasteiger charge is 2.18. The van der Waals surface area contributed by atoms with Crippen molar-refractivity contribution >= 4 is 43.5 Å². The number of thiophene rings is 1. The van der Waals surface area contributed by atoms with Crippen LogP contribution in [0.5, 0.6) is 0 Å². The molecule has 2 aromatic rings. The lowest BCUT2D eigenvalue weighted by molar-refractivity contribution is -0.890. The molecule has 1 N–H and O–H groups in total. The smallest absolute Gasteiger partial charge is 0.265 e. The van der Waals surface area contributed by atoms with E-state index < -0.39 is 10.1 Å². The molecular formula is C35H57N7O6S2+2. The Morgan fingerprint density at radius 3 is 2.04 bits per heavy atom. The summed E-state index contributed by atoms with van der Waals surface area (Å²) in [5, 5.41) is 18.5. The van der Waals surface area contributed by atoms with Gasteiger partial charge in [-0.2, -0.15) is 23.9 Å². The lowest BCUT2D eigenvalue weighted by Gasteiger charge is -2.30. The summed E-state index contributed by atoms with van der Waals surface area (Å²) in [5.74, 6) is -0.233. The van der Waals surface area contributed by atoms with Crippen molar-refractivity contribution in [3.8, 4) is 6.07 Å². The quantitative estimate of drug-likeness (QED) is 0.0413. The maximum atomic E-state index is 11.0. The molecule has 0 fully saturated rings. The Balaban J connectivity index is 1.96. The van der Waals surface area contributed by atoms with Gasteiger partial charge in [0.05, 0.1) is 104 Å². The van der Waals surface area contributed by atoms with Crippen LogP contribution in [0.2, 0.25) is 0 Å². The van der Waals surface area contributed by atoms with E-state index in [0.29, 0.717) is 97.0 Å². The first-order valence-electron chi connectivity index (χ1n) is 17.1. The maximum absolute atomic E-state index is 11.0. The summed E-state index contributed by atoms with van der Waals surface area (Å²) >= 11 is 1.18. The molecule has 0 atom stereocenters. The Kier molecular flexibility index (Phi) is 18.5. The molecule has 0 aliphatic rings. The van der Waals surface area contributed by atoms with Gasteiger partial charge in [-0.25, -0.2) is 4.85 Å². The number of anilines is 1. The largest absolute Gasteiger partial charge is 0.377 e. The van der Waals surface area contributed by atoms with Crippen molar-refractivity contribution in [1.29, 1.82) is 5.26 Å². The molecule has 0 aliphatic carbocycles. The van der Waals surface area contributed by atoms with Crippen molar-refractivity contribution in [3.05, 3.63) is 45.6 Å². The van der Waals surface area contributed by atoms with Gasteiger partial charge in [-0.1, -0.05) is 13.3 Å². The van der Waals surface area contributed by atoms with Gasteiger partial charge >= 0.3 is 0 Å². The fraction of sp³-hybridized carbons (Fsp3) is 0.657. The lowest BCUT2D eigenvalue weighted by atomic mass is 10.1. The van der Waals surface area contributed by atoms with Gasteiger partial charge < -0.3 is 28.1 Å². The van der Waals surface area contributed by atoms with Crippen LogP contribution in [-0.4, -0.2) is 135 Å². The Morgan fingerprint density at radius 1 is 0.920 bits per heavy atom. The summed E-state index contributed by atoms with van der Waals surface area (Å²) < 4.78 is 50.2. The predicted molar refractivity (Wildman–Crippen MR) is 200 cm³/mol. The number of aryl methyl sites for hydroxylation is 1. The average Bonchev–Trinajstić information content (AvgIpc) is 3.36. The molecule has 0 bridgehead atoms. The molecule has 0 saturated carbocycles. The number of benzene rings is 1. The molecule has 1 aromatic carbocycles. The zero-order valence-electron chi connectivity index (χ0n) is 31.0. The van der Waals surface area contributed by atoms with Crippen molar-refractivity contribution in [2.45, 2.75) is 40.0 Å². The minimum absolute atomic E-state index is 0.233. The van der Waals surface area contributed by atoms with Gasteiger partial charge in [0.25, 0.3) is 10.1 Å². The molecule has 2 rings (SSSR count). The van der Waals surface area contributed by atoms with Gasteiger partial charge in [-0.3, -0.25) is 4.55 Å². The Hall–Kier alpha value is -2.99. The first-order chi connectivity index (χ1) is 23.6. The highest BCUT2D eigenvalue weighted by Crippen LogP contribution is 2.42. The van der Waals surface area contributed by atoms with Gasteiger partial charge in [0.15, 0.2) is 0 Å². The van der Waals surface area contributed by atoms with Crippen LogP contribution < -0.4 is 4.90 Å². The van der Waals surface area contributed by atoms with Crippen LogP contribution in [-0.2, 0) is 24.3 Å². The molecule has 0 radical (unpaired) electrons. The minimum atomic E-state index is -3.94. The molecule has 0 spiro atoms.